The Morgan fingerprint density at radius 1 is 1.00 bits per heavy atom. The van der Waals surface area contributed by atoms with Crippen LogP contribution in [0.15, 0.2) is 36.9 Å². The molecule has 1 rings (SSSR count). The van der Waals surface area contributed by atoms with Gasteiger partial charge in [-0.05, 0) is 43.4 Å². The van der Waals surface area contributed by atoms with Crippen molar-refractivity contribution in [1.29, 1.82) is 0 Å². The van der Waals surface area contributed by atoms with Gasteiger partial charge in [-0.25, -0.2) is 0 Å². The Morgan fingerprint density at radius 3 is 2.28 bits per heavy atom. The predicted molar refractivity (Wildman–Crippen MR) is 136 cm³/mol. The number of benzene rings is 1. The normalized spacial score (nSPS) is 12.0. The Balaban J connectivity index is 0.00000181. The fourth-order valence-corrected chi connectivity index (χ4v) is 3.04. The van der Waals surface area contributed by atoms with Crippen LogP contribution in [0.2, 0.25) is 0 Å². The molecular weight excluding hydrogens is 494 g/mol. The zero-order valence-electron chi connectivity index (χ0n) is 21.2. The minimum absolute atomic E-state index is 0.0185. The second-order valence-electron chi connectivity index (χ2n) is 7.53. The Labute approximate surface area is 215 Å². The standard InChI is InChI=1S/C20H33NO8S.C4H10O2/c1-3-5-6-18-7-9-19(10-8-18)27-15-20(14-25-13-4-2)28-16-26-17-30(23,24)29-21-11-12-22;5-3-1-2-4-6/h4,7-10,20-22H,2-3,5-6,11-17H2,1H3;5-6H,1-4H2. The zero-order chi connectivity index (χ0) is 26.9. The molecule has 1 atom stereocenters. The molecule has 36 heavy (non-hydrogen) atoms. The number of aryl methyl sites for hydroxylation is 1. The summed E-state index contributed by atoms with van der Waals surface area (Å²) in [6.45, 7) is 6.36. The molecule has 0 bridgehead atoms. The molecule has 0 amide bonds. The van der Waals surface area contributed by atoms with Crippen LogP contribution in [0, 0.1) is 0 Å². The van der Waals surface area contributed by atoms with Gasteiger partial charge in [0, 0.05) is 19.8 Å². The van der Waals surface area contributed by atoms with Crippen LogP contribution >= 0.6 is 0 Å². The van der Waals surface area contributed by atoms with E-state index in [4.69, 9.17) is 34.3 Å². The third-order valence-electron chi connectivity index (χ3n) is 4.30. The minimum atomic E-state index is -3.94. The molecule has 12 heteroatoms. The summed E-state index contributed by atoms with van der Waals surface area (Å²) >= 11 is 0. The lowest BCUT2D eigenvalue weighted by atomic mass is 10.1. The first-order valence-electron chi connectivity index (χ1n) is 12.0. The van der Waals surface area contributed by atoms with Gasteiger partial charge in [0.05, 0.1) is 19.8 Å². The van der Waals surface area contributed by atoms with E-state index >= 15 is 0 Å². The lowest BCUT2D eigenvalue weighted by Gasteiger charge is -2.18. The van der Waals surface area contributed by atoms with Crippen LogP contribution in [0.3, 0.4) is 0 Å². The fourth-order valence-electron chi connectivity index (χ4n) is 2.45. The first-order valence-corrected chi connectivity index (χ1v) is 13.6. The molecule has 0 aliphatic rings. The summed E-state index contributed by atoms with van der Waals surface area (Å²) in [6.07, 6.45) is 5.92. The molecular formula is C24H43NO10S. The van der Waals surface area contributed by atoms with Crippen LogP contribution in [-0.4, -0.2) is 88.8 Å². The van der Waals surface area contributed by atoms with Gasteiger partial charge in [-0.1, -0.05) is 31.6 Å². The number of aliphatic hydroxyl groups excluding tert-OH is 3. The van der Waals surface area contributed by atoms with Gasteiger partial charge in [0.25, 0.3) is 0 Å². The van der Waals surface area contributed by atoms with Crippen molar-refractivity contribution in [3.8, 4) is 5.75 Å². The van der Waals surface area contributed by atoms with Crippen LogP contribution in [0.5, 0.6) is 5.75 Å². The largest absolute Gasteiger partial charge is 0.491 e. The van der Waals surface area contributed by atoms with Gasteiger partial charge in [0.2, 0.25) is 0 Å². The van der Waals surface area contributed by atoms with E-state index in [0.717, 1.165) is 32.1 Å². The Morgan fingerprint density at radius 2 is 1.69 bits per heavy atom. The molecule has 1 unspecified atom stereocenters. The minimum Gasteiger partial charge on any atom is -0.491 e. The van der Waals surface area contributed by atoms with Gasteiger partial charge in [-0.3, -0.25) is 0 Å². The summed E-state index contributed by atoms with van der Waals surface area (Å²) in [7, 11) is -3.94. The van der Waals surface area contributed by atoms with Crippen LogP contribution in [-0.2, 0) is 35.0 Å². The Kier molecular flexibility index (Phi) is 22.7. The smallest absolute Gasteiger partial charge is 0.307 e. The van der Waals surface area contributed by atoms with Gasteiger partial charge < -0.3 is 34.3 Å². The number of hydrogen-bond acceptors (Lipinski definition) is 11. The van der Waals surface area contributed by atoms with Crippen LogP contribution in [0.1, 0.15) is 38.2 Å². The molecule has 4 N–H and O–H groups in total. The molecule has 0 heterocycles. The van der Waals surface area contributed by atoms with Crippen molar-refractivity contribution in [2.45, 2.75) is 45.1 Å². The first-order chi connectivity index (χ1) is 17.4. The highest BCUT2D eigenvalue weighted by Crippen LogP contribution is 2.14. The van der Waals surface area contributed by atoms with Crippen molar-refractivity contribution < 1.29 is 47.0 Å². The maximum absolute atomic E-state index is 11.6. The van der Waals surface area contributed by atoms with E-state index < -0.39 is 22.2 Å². The maximum atomic E-state index is 11.6. The molecule has 1 aromatic rings. The summed E-state index contributed by atoms with van der Waals surface area (Å²) in [5, 5.41) is 24.8. The molecule has 0 saturated carbocycles. The molecule has 0 aliphatic carbocycles. The van der Waals surface area contributed by atoms with E-state index in [1.807, 2.05) is 24.3 Å². The van der Waals surface area contributed by atoms with Crippen LogP contribution < -0.4 is 10.2 Å². The van der Waals surface area contributed by atoms with Gasteiger partial charge in [0.1, 0.15) is 25.3 Å². The van der Waals surface area contributed by atoms with Gasteiger partial charge >= 0.3 is 10.1 Å². The predicted octanol–water partition coefficient (Wildman–Crippen LogP) is 1.52. The molecule has 1 aromatic carbocycles. The number of aliphatic hydroxyl groups is 3. The highest BCUT2D eigenvalue weighted by molar-refractivity contribution is 7.86. The molecule has 210 valence electrons. The third-order valence-corrected chi connectivity index (χ3v) is 5.13. The average molecular weight is 538 g/mol. The van der Waals surface area contributed by atoms with Crippen molar-refractivity contribution in [2.75, 3.05) is 58.9 Å². The summed E-state index contributed by atoms with van der Waals surface area (Å²) in [4.78, 5) is 0. The summed E-state index contributed by atoms with van der Waals surface area (Å²) in [5.41, 5.74) is 3.37. The highest BCUT2D eigenvalue weighted by atomic mass is 32.2. The van der Waals surface area contributed by atoms with E-state index in [0.29, 0.717) is 12.4 Å². The second-order valence-corrected chi connectivity index (χ2v) is 9.04. The fraction of sp³-hybridized carbons (Fsp3) is 0.667. The molecule has 11 nitrogen and oxygen atoms in total. The second kappa shape index (κ2) is 23.8. The first kappa shape index (κ1) is 34.4. The molecule has 0 aliphatic heterocycles. The Hall–Kier alpha value is -1.61. The number of rotatable bonds is 22. The molecule has 0 saturated heterocycles. The highest BCUT2D eigenvalue weighted by Gasteiger charge is 2.14. The SMILES string of the molecule is C=CCOCC(COc1ccc(CCCC)cc1)OCOCS(=O)(=O)ONCCO.OCCCCO. The van der Waals surface area contributed by atoms with Crippen LogP contribution in [0.25, 0.3) is 0 Å². The van der Waals surface area contributed by atoms with E-state index in [9.17, 15) is 8.42 Å². The lowest BCUT2D eigenvalue weighted by molar-refractivity contribution is -0.111. The lowest BCUT2D eigenvalue weighted by Crippen LogP contribution is -2.30. The monoisotopic (exact) mass is 537 g/mol. The van der Waals surface area contributed by atoms with E-state index in [2.05, 4.69) is 23.3 Å². The summed E-state index contributed by atoms with van der Waals surface area (Å²) in [6, 6.07) is 7.89. The van der Waals surface area contributed by atoms with Crippen LogP contribution in [0.4, 0.5) is 0 Å². The topological polar surface area (TPSA) is 153 Å². The van der Waals surface area contributed by atoms with E-state index in [1.165, 1.54) is 5.56 Å². The molecule has 0 fully saturated rings. The Bertz CT molecular complexity index is 727. The van der Waals surface area contributed by atoms with E-state index in [-0.39, 0.29) is 46.4 Å². The van der Waals surface area contributed by atoms with Crippen molar-refractivity contribution in [3.05, 3.63) is 42.5 Å². The number of ether oxygens (including phenoxy) is 4. The molecule has 0 spiro atoms. The third kappa shape index (κ3) is 20.6. The number of hydroxylamine groups is 1. The molecule has 0 aromatic heterocycles. The quantitative estimate of drug-likeness (QED) is 0.0737. The van der Waals surface area contributed by atoms with Crippen molar-refractivity contribution in [1.82, 2.24) is 5.48 Å². The number of unbranched alkanes of at least 4 members (excludes halogenated alkanes) is 2. The van der Waals surface area contributed by atoms with Crippen molar-refractivity contribution in [2.24, 2.45) is 0 Å². The number of hydrogen-bond donors (Lipinski definition) is 4. The summed E-state index contributed by atoms with van der Waals surface area (Å²) in [5.74, 6) is 0.00516. The van der Waals surface area contributed by atoms with Gasteiger partial charge in [-0.15, -0.1) is 6.58 Å². The van der Waals surface area contributed by atoms with Crippen molar-refractivity contribution in [3.63, 3.8) is 0 Å². The average Bonchev–Trinajstić information content (AvgIpc) is 2.88. The zero-order valence-corrected chi connectivity index (χ0v) is 22.0. The van der Waals surface area contributed by atoms with Crippen molar-refractivity contribution >= 4 is 10.1 Å². The number of nitrogens with one attached hydrogen (secondary N) is 1. The van der Waals surface area contributed by atoms with Gasteiger partial charge in [0.15, 0.2) is 5.94 Å². The maximum Gasteiger partial charge on any atom is 0.307 e. The van der Waals surface area contributed by atoms with E-state index in [1.54, 1.807) is 6.08 Å². The van der Waals surface area contributed by atoms with Gasteiger partial charge in [-0.2, -0.15) is 18.2 Å². The molecule has 0 radical (unpaired) electrons. The summed E-state index contributed by atoms with van der Waals surface area (Å²) < 4.78 is 49.2.